The number of benzene rings is 1. The molecular formula is C22H23N5O. The molecule has 0 unspecified atom stereocenters. The van der Waals surface area contributed by atoms with Gasteiger partial charge in [0.1, 0.15) is 11.5 Å². The highest BCUT2D eigenvalue weighted by Gasteiger charge is 2.16. The maximum absolute atomic E-state index is 12.2. The largest absolute Gasteiger partial charge is 0.373 e. The molecule has 0 aliphatic heterocycles. The van der Waals surface area contributed by atoms with Crippen LogP contribution >= 0.6 is 0 Å². The fraction of sp³-hybridized carbons (Fsp3) is 0.273. The van der Waals surface area contributed by atoms with Gasteiger partial charge >= 0.3 is 0 Å². The second kappa shape index (κ2) is 7.03. The van der Waals surface area contributed by atoms with E-state index in [1.54, 1.807) is 6.20 Å². The summed E-state index contributed by atoms with van der Waals surface area (Å²) < 4.78 is 2.03. The number of pyridine rings is 2. The van der Waals surface area contributed by atoms with Crippen molar-refractivity contribution in [3.05, 3.63) is 48.2 Å². The van der Waals surface area contributed by atoms with Crippen LogP contribution in [0.4, 0.5) is 5.82 Å². The highest BCUT2D eigenvalue weighted by atomic mass is 16.1. The summed E-state index contributed by atoms with van der Waals surface area (Å²) in [5, 5.41) is 5.23. The molecule has 0 aliphatic carbocycles. The number of carbonyl (C=O) groups excluding carboxylic acids is 1. The van der Waals surface area contributed by atoms with E-state index in [1.165, 1.54) is 0 Å². The first kappa shape index (κ1) is 18.1. The van der Waals surface area contributed by atoms with Crippen molar-refractivity contribution in [2.75, 3.05) is 12.4 Å². The number of carbonyl (C=O) groups is 1. The molecule has 3 aromatic heterocycles. The Labute approximate surface area is 163 Å². The van der Waals surface area contributed by atoms with Gasteiger partial charge in [-0.05, 0) is 37.1 Å². The van der Waals surface area contributed by atoms with Crippen molar-refractivity contribution in [1.29, 1.82) is 0 Å². The van der Waals surface area contributed by atoms with Crippen LogP contribution in [0.5, 0.6) is 0 Å². The third-order valence-corrected chi connectivity index (χ3v) is 5.10. The number of anilines is 1. The van der Waals surface area contributed by atoms with Crippen molar-refractivity contribution in [2.45, 2.75) is 26.7 Å². The first-order valence-corrected chi connectivity index (χ1v) is 9.45. The molecular weight excluding hydrogens is 350 g/mol. The Balaban J connectivity index is 1.95. The molecule has 0 aliphatic rings. The minimum absolute atomic E-state index is 0.0856. The fourth-order valence-corrected chi connectivity index (χ4v) is 3.64. The molecule has 1 N–H and O–H groups in total. The summed E-state index contributed by atoms with van der Waals surface area (Å²) in [7, 11) is 3.86. The molecule has 0 fully saturated rings. The molecule has 6 nitrogen and oxygen atoms in total. The summed E-state index contributed by atoms with van der Waals surface area (Å²) in [6.45, 7) is 4.01. The van der Waals surface area contributed by atoms with Gasteiger partial charge in [0.05, 0.1) is 17.4 Å². The van der Waals surface area contributed by atoms with Crippen LogP contribution in [-0.4, -0.2) is 32.3 Å². The van der Waals surface area contributed by atoms with Crippen LogP contribution in [0.15, 0.2) is 36.9 Å². The van der Waals surface area contributed by atoms with Crippen LogP contribution in [0.3, 0.4) is 0 Å². The van der Waals surface area contributed by atoms with Gasteiger partial charge in [0.2, 0.25) is 0 Å². The third kappa shape index (κ3) is 2.91. The van der Waals surface area contributed by atoms with Crippen molar-refractivity contribution >= 4 is 33.4 Å². The standard InChI is InChI=1S/C22H23N5O/c1-5-6-19(28)18-7-13(2)17(11-24-18)16-8-14-10-25-20(23-3)9-15(14)22-21(16)26-12-27(22)4/h7-12H,5-6H2,1-4H3,(H,23,25). The van der Waals surface area contributed by atoms with E-state index in [-0.39, 0.29) is 5.78 Å². The number of ketones is 1. The van der Waals surface area contributed by atoms with E-state index in [9.17, 15) is 4.79 Å². The predicted octanol–water partition coefficient (Wildman–Crippen LogP) is 4.52. The van der Waals surface area contributed by atoms with E-state index in [0.717, 1.165) is 50.7 Å². The van der Waals surface area contributed by atoms with Gasteiger partial charge in [-0.2, -0.15) is 0 Å². The summed E-state index contributed by atoms with van der Waals surface area (Å²) in [5.41, 5.74) is 5.50. The molecule has 0 bridgehead atoms. The smallest absolute Gasteiger partial charge is 0.181 e. The number of rotatable bonds is 5. The zero-order chi connectivity index (χ0) is 19.8. The quantitative estimate of drug-likeness (QED) is 0.521. The van der Waals surface area contributed by atoms with Crippen LogP contribution in [0.2, 0.25) is 0 Å². The number of imidazole rings is 1. The van der Waals surface area contributed by atoms with Gasteiger partial charge < -0.3 is 9.88 Å². The molecule has 4 rings (SSSR count). The van der Waals surface area contributed by atoms with E-state index < -0.39 is 0 Å². The average molecular weight is 373 g/mol. The first-order chi connectivity index (χ1) is 13.5. The molecule has 28 heavy (non-hydrogen) atoms. The Morgan fingerprint density at radius 2 is 1.93 bits per heavy atom. The maximum atomic E-state index is 12.2. The van der Waals surface area contributed by atoms with Gasteiger partial charge in [-0.15, -0.1) is 0 Å². The minimum Gasteiger partial charge on any atom is -0.373 e. The van der Waals surface area contributed by atoms with Gasteiger partial charge in [-0.3, -0.25) is 9.78 Å². The Morgan fingerprint density at radius 1 is 1.11 bits per heavy atom. The van der Waals surface area contributed by atoms with E-state index in [1.807, 2.05) is 57.2 Å². The number of nitrogens with zero attached hydrogens (tertiary/aromatic N) is 4. The number of fused-ring (bicyclic) bond motifs is 3. The highest BCUT2D eigenvalue weighted by Crippen LogP contribution is 2.35. The van der Waals surface area contributed by atoms with E-state index in [2.05, 4.69) is 26.3 Å². The molecule has 4 aromatic rings. The lowest BCUT2D eigenvalue weighted by Crippen LogP contribution is -2.03. The Hall–Kier alpha value is -3.28. The molecule has 0 spiro atoms. The van der Waals surface area contributed by atoms with Crippen LogP contribution < -0.4 is 5.32 Å². The monoisotopic (exact) mass is 373 g/mol. The maximum Gasteiger partial charge on any atom is 0.181 e. The summed E-state index contributed by atoms with van der Waals surface area (Å²) in [6.07, 6.45) is 6.84. The lowest BCUT2D eigenvalue weighted by Gasteiger charge is -2.12. The van der Waals surface area contributed by atoms with Crippen molar-refractivity contribution < 1.29 is 4.79 Å². The van der Waals surface area contributed by atoms with Crippen molar-refractivity contribution in [3.63, 3.8) is 0 Å². The average Bonchev–Trinajstić information content (AvgIpc) is 3.09. The molecule has 0 atom stereocenters. The number of aryl methyl sites for hydroxylation is 2. The number of hydrogen-bond donors (Lipinski definition) is 1. The molecule has 0 amide bonds. The van der Waals surface area contributed by atoms with E-state index in [4.69, 9.17) is 0 Å². The third-order valence-electron chi connectivity index (χ3n) is 5.10. The van der Waals surface area contributed by atoms with Gasteiger partial charge in [-0.25, -0.2) is 9.97 Å². The molecule has 0 radical (unpaired) electrons. The molecule has 3 heterocycles. The van der Waals surface area contributed by atoms with Crippen molar-refractivity contribution in [1.82, 2.24) is 19.5 Å². The van der Waals surface area contributed by atoms with Crippen LogP contribution in [0, 0.1) is 6.92 Å². The fourth-order valence-electron chi connectivity index (χ4n) is 3.64. The van der Waals surface area contributed by atoms with E-state index >= 15 is 0 Å². The zero-order valence-electron chi connectivity index (χ0n) is 16.6. The van der Waals surface area contributed by atoms with Gasteiger partial charge in [0, 0.05) is 54.8 Å². The van der Waals surface area contributed by atoms with Crippen molar-refractivity contribution in [2.24, 2.45) is 7.05 Å². The van der Waals surface area contributed by atoms with Crippen molar-refractivity contribution in [3.8, 4) is 11.1 Å². The van der Waals surface area contributed by atoms with Crippen LogP contribution in [0.1, 0.15) is 35.8 Å². The topological polar surface area (TPSA) is 72.7 Å². The SMILES string of the molecule is CCCC(=O)c1cc(C)c(-c2cc3cnc(NC)cc3c3c2ncn3C)cn1. The number of nitrogens with one attached hydrogen (secondary N) is 1. The Bertz CT molecular complexity index is 1210. The summed E-state index contributed by atoms with van der Waals surface area (Å²) >= 11 is 0. The molecule has 142 valence electrons. The van der Waals surface area contributed by atoms with Gasteiger partial charge in [0.15, 0.2) is 5.78 Å². The first-order valence-electron chi connectivity index (χ1n) is 9.45. The van der Waals surface area contributed by atoms with Gasteiger partial charge in [0.25, 0.3) is 0 Å². The lowest BCUT2D eigenvalue weighted by atomic mass is 9.97. The predicted molar refractivity (Wildman–Crippen MR) is 113 cm³/mol. The molecule has 0 saturated heterocycles. The zero-order valence-corrected chi connectivity index (χ0v) is 16.6. The van der Waals surface area contributed by atoms with Gasteiger partial charge in [-0.1, -0.05) is 6.92 Å². The van der Waals surface area contributed by atoms with E-state index in [0.29, 0.717) is 12.1 Å². The highest BCUT2D eigenvalue weighted by molar-refractivity contribution is 6.11. The second-order valence-corrected chi connectivity index (χ2v) is 7.08. The number of Topliss-reactive ketones (excluding diaryl/α,β-unsaturated/α-hetero) is 1. The summed E-state index contributed by atoms with van der Waals surface area (Å²) in [6, 6.07) is 6.03. The minimum atomic E-state index is 0.0856. The number of aromatic nitrogens is 4. The lowest BCUT2D eigenvalue weighted by molar-refractivity contribution is 0.0977. The summed E-state index contributed by atoms with van der Waals surface area (Å²) in [4.78, 5) is 25.8. The molecule has 0 saturated carbocycles. The second-order valence-electron chi connectivity index (χ2n) is 7.08. The van der Waals surface area contributed by atoms with Crippen LogP contribution in [-0.2, 0) is 7.05 Å². The van der Waals surface area contributed by atoms with Crippen LogP contribution in [0.25, 0.3) is 32.9 Å². The molecule has 6 heteroatoms. The normalized spacial score (nSPS) is 11.3. The summed E-state index contributed by atoms with van der Waals surface area (Å²) in [5.74, 6) is 0.904. The molecule has 1 aromatic carbocycles. The Kier molecular flexibility index (Phi) is 4.55. The number of hydrogen-bond acceptors (Lipinski definition) is 5. The Morgan fingerprint density at radius 3 is 2.64 bits per heavy atom.